The molecule has 0 unspecified atom stereocenters. The van der Waals surface area contributed by atoms with E-state index < -0.39 is 10.0 Å². The lowest BCUT2D eigenvalue weighted by Crippen LogP contribution is -2.29. The molecule has 0 aliphatic heterocycles. The first-order valence-electron chi connectivity index (χ1n) is 8.85. The van der Waals surface area contributed by atoms with Gasteiger partial charge in [-0.3, -0.25) is 0 Å². The minimum absolute atomic E-state index is 0.0339. The number of sulfonamides is 1. The predicted octanol–water partition coefficient (Wildman–Crippen LogP) is 3.72. The van der Waals surface area contributed by atoms with E-state index in [0.29, 0.717) is 18.8 Å². The second-order valence-electron chi connectivity index (χ2n) is 5.97. The van der Waals surface area contributed by atoms with Gasteiger partial charge in [0, 0.05) is 31.2 Å². The molecule has 0 amide bonds. The summed E-state index contributed by atoms with van der Waals surface area (Å²) in [6, 6.07) is 9.52. The lowest BCUT2D eigenvalue weighted by atomic mass is 10.2. The van der Waals surface area contributed by atoms with Crippen LogP contribution in [0.25, 0.3) is 0 Å². The van der Waals surface area contributed by atoms with Crippen molar-refractivity contribution in [2.24, 2.45) is 10.2 Å². The van der Waals surface area contributed by atoms with Gasteiger partial charge in [0.15, 0.2) is 0 Å². The van der Waals surface area contributed by atoms with Crippen molar-refractivity contribution in [3.63, 3.8) is 0 Å². The highest BCUT2D eigenvalue weighted by atomic mass is 35.5. The Bertz CT molecular complexity index is 966. The molecule has 12 heteroatoms. The number of halogens is 3. The number of nitrogens with zero attached hydrogens (tertiary/aromatic N) is 3. The zero-order chi connectivity index (χ0) is 22.1. The summed E-state index contributed by atoms with van der Waals surface area (Å²) >= 11 is 17.8. The molecule has 0 aliphatic rings. The normalized spacial score (nSPS) is 11.9. The first kappa shape index (κ1) is 24.8. The summed E-state index contributed by atoms with van der Waals surface area (Å²) in [7, 11) is -3.85. The number of hydrogen-bond acceptors (Lipinski definition) is 7. The van der Waals surface area contributed by atoms with Crippen molar-refractivity contribution in [3.8, 4) is 0 Å². The Hall–Kier alpha value is -1.46. The smallest absolute Gasteiger partial charge is 0.242 e. The van der Waals surface area contributed by atoms with Crippen LogP contribution < -0.4 is 9.62 Å². The van der Waals surface area contributed by atoms with Gasteiger partial charge in [0.25, 0.3) is 0 Å². The number of alkyl halides is 1. The maximum Gasteiger partial charge on any atom is 0.242 e. The van der Waals surface area contributed by atoms with Gasteiger partial charge in [-0.25, -0.2) is 13.1 Å². The minimum atomic E-state index is -3.85. The van der Waals surface area contributed by atoms with Crippen molar-refractivity contribution in [2.45, 2.75) is 4.90 Å². The Morgan fingerprint density at radius 2 is 1.60 bits per heavy atom. The van der Waals surface area contributed by atoms with Crippen molar-refractivity contribution in [1.29, 1.82) is 0 Å². The average molecular weight is 496 g/mol. The largest absolute Gasteiger partial charge is 0.395 e. The van der Waals surface area contributed by atoms with Crippen molar-refractivity contribution in [3.05, 3.63) is 46.4 Å². The molecular formula is C18H21Cl3N4O4S. The molecule has 0 aromatic heterocycles. The topological polar surface area (TPSA) is 115 Å². The molecule has 0 heterocycles. The van der Waals surface area contributed by atoms with E-state index in [1.807, 2.05) is 4.90 Å². The van der Waals surface area contributed by atoms with Crippen LogP contribution in [-0.2, 0) is 10.0 Å². The van der Waals surface area contributed by atoms with Crippen LogP contribution in [0.4, 0.5) is 17.1 Å². The third-order valence-corrected chi connectivity index (χ3v) is 6.32. The molecule has 2 aromatic carbocycles. The van der Waals surface area contributed by atoms with Gasteiger partial charge in [-0.1, -0.05) is 23.2 Å². The summed E-state index contributed by atoms with van der Waals surface area (Å²) in [6.45, 7) is 0.778. The number of aliphatic hydroxyl groups excluding tert-OH is 2. The zero-order valence-electron chi connectivity index (χ0n) is 15.8. The monoisotopic (exact) mass is 494 g/mol. The number of azo groups is 1. The molecule has 2 aromatic rings. The summed E-state index contributed by atoms with van der Waals surface area (Å²) in [4.78, 5) is 1.66. The third kappa shape index (κ3) is 6.78. The third-order valence-electron chi connectivity index (χ3n) is 3.91. The minimum Gasteiger partial charge on any atom is -0.395 e. The number of benzene rings is 2. The maximum atomic E-state index is 12.2. The van der Waals surface area contributed by atoms with Gasteiger partial charge in [0.2, 0.25) is 10.0 Å². The quantitative estimate of drug-likeness (QED) is 0.325. The van der Waals surface area contributed by atoms with E-state index in [0.717, 1.165) is 5.69 Å². The predicted molar refractivity (Wildman–Crippen MR) is 119 cm³/mol. The Morgan fingerprint density at radius 1 is 0.967 bits per heavy atom. The van der Waals surface area contributed by atoms with Gasteiger partial charge in [0.05, 0.1) is 28.9 Å². The molecule has 0 fully saturated rings. The van der Waals surface area contributed by atoms with E-state index in [-0.39, 0.29) is 46.3 Å². The number of rotatable bonds is 11. The second kappa shape index (κ2) is 11.8. The van der Waals surface area contributed by atoms with Crippen molar-refractivity contribution >= 4 is 61.9 Å². The zero-order valence-corrected chi connectivity index (χ0v) is 18.9. The fourth-order valence-electron chi connectivity index (χ4n) is 2.50. The molecule has 0 bridgehead atoms. The number of aliphatic hydroxyl groups is 2. The summed E-state index contributed by atoms with van der Waals surface area (Å²) in [5.41, 5.74) is 1.56. The van der Waals surface area contributed by atoms with Gasteiger partial charge in [-0.2, -0.15) is 5.11 Å². The summed E-state index contributed by atoms with van der Waals surface area (Å²) in [5, 5.41) is 26.4. The van der Waals surface area contributed by atoms with Crippen LogP contribution in [0.1, 0.15) is 0 Å². The molecule has 0 saturated carbocycles. The highest BCUT2D eigenvalue weighted by Gasteiger charge is 2.19. The lowest BCUT2D eigenvalue weighted by molar-refractivity contribution is 0.281. The fourth-order valence-corrected chi connectivity index (χ4v) is 4.55. The standard InChI is InChI=1S/C18H21Cl3N4O4S/c19-5-6-22-30(28,29)18-12-15(20)17(11-16(18)21)24-23-13-1-3-14(4-2-13)25(7-9-26)8-10-27/h1-4,11-12,22,26-27H,5-10H2. The Kier molecular flexibility index (Phi) is 9.76. The van der Waals surface area contributed by atoms with Gasteiger partial charge >= 0.3 is 0 Å². The molecule has 164 valence electrons. The molecule has 30 heavy (non-hydrogen) atoms. The molecule has 0 atom stereocenters. The molecule has 3 N–H and O–H groups in total. The number of nitrogens with one attached hydrogen (secondary N) is 1. The van der Waals surface area contributed by atoms with E-state index in [9.17, 15) is 8.42 Å². The molecule has 0 spiro atoms. The van der Waals surface area contributed by atoms with Crippen LogP contribution in [0.3, 0.4) is 0 Å². The van der Waals surface area contributed by atoms with Gasteiger partial charge < -0.3 is 15.1 Å². The van der Waals surface area contributed by atoms with Crippen LogP contribution in [0, 0.1) is 0 Å². The highest BCUT2D eigenvalue weighted by molar-refractivity contribution is 7.89. The van der Waals surface area contributed by atoms with Crippen LogP contribution in [0.5, 0.6) is 0 Å². The molecule has 0 saturated heterocycles. The molecule has 0 aliphatic carbocycles. The summed E-state index contributed by atoms with van der Waals surface area (Å²) in [5.74, 6) is 0.118. The van der Waals surface area contributed by atoms with E-state index in [1.165, 1.54) is 12.1 Å². The average Bonchev–Trinajstić information content (AvgIpc) is 2.73. The Morgan fingerprint density at radius 3 is 2.17 bits per heavy atom. The van der Waals surface area contributed by atoms with Crippen LogP contribution in [0.15, 0.2) is 51.5 Å². The summed E-state index contributed by atoms with van der Waals surface area (Å²) < 4.78 is 26.8. The molecule has 0 radical (unpaired) electrons. The van der Waals surface area contributed by atoms with Crippen molar-refractivity contribution < 1.29 is 18.6 Å². The molecular weight excluding hydrogens is 475 g/mol. The SMILES string of the molecule is O=S(=O)(NCCCl)c1cc(Cl)c(N=Nc2ccc(N(CCO)CCO)cc2)cc1Cl. The van der Waals surface area contributed by atoms with E-state index >= 15 is 0 Å². The van der Waals surface area contributed by atoms with E-state index in [2.05, 4.69) is 15.0 Å². The van der Waals surface area contributed by atoms with Crippen LogP contribution in [-0.4, -0.2) is 57.4 Å². The van der Waals surface area contributed by atoms with E-state index in [4.69, 9.17) is 45.0 Å². The van der Waals surface area contributed by atoms with Crippen molar-refractivity contribution in [2.75, 3.05) is 43.6 Å². The number of hydrogen-bond donors (Lipinski definition) is 3. The molecule has 8 nitrogen and oxygen atoms in total. The van der Waals surface area contributed by atoms with Gasteiger partial charge in [-0.15, -0.1) is 16.7 Å². The Balaban J connectivity index is 2.21. The molecule has 2 rings (SSSR count). The van der Waals surface area contributed by atoms with E-state index in [1.54, 1.807) is 24.3 Å². The van der Waals surface area contributed by atoms with Crippen molar-refractivity contribution in [1.82, 2.24) is 4.72 Å². The van der Waals surface area contributed by atoms with Gasteiger partial charge in [0.1, 0.15) is 10.6 Å². The lowest BCUT2D eigenvalue weighted by Gasteiger charge is -2.22. The highest BCUT2D eigenvalue weighted by Crippen LogP contribution is 2.34. The summed E-state index contributed by atoms with van der Waals surface area (Å²) in [6.07, 6.45) is 0. The number of anilines is 1. The first-order chi connectivity index (χ1) is 14.3. The van der Waals surface area contributed by atoms with Crippen LogP contribution >= 0.6 is 34.8 Å². The second-order valence-corrected chi connectivity index (χ2v) is 8.90. The van der Waals surface area contributed by atoms with Gasteiger partial charge in [-0.05, 0) is 36.4 Å². The first-order valence-corrected chi connectivity index (χ1v) is 11.6. The Labute approximate surface area is 190 Å². The maximum absolute atomic E-state index is 12.2. The van der Waals surface area contributed by atoms with Crippen LogP contribution in [0.2, 0.25) is 10.0 Å². The fraction of sp³-hybridized carbons (Fsp3) is 0.333.